The molecule has 0 saturated carbocycles. The second-order valence-corrected chi connectivity index (χ2v) is 5.98. The van der Waals surface area contributed by atoms with Crippen LogP contribution in [0.4, 0.5) is 0 Å². The van der Waals surface area contributed by atoms with Crippen LogP contribution in [-0.4, -0.2) is 59.1 Å². The van der Waals surface area contributed by atoms with Crippen LogP contribution < -0.4 is 29.6 Å². The van der Waals surface area contributed by atoms with Crippen molar-refractivity contribution in [2.75, 3.05) is 6.54 Å². The second kappa shape index (κ2) is 8.01. The molecule has 128 valence electrons. The van der Waals surface area contributed by atoms with E-state index in [-0.39, 0.29) is 60.1 Å². The van der Waals surface area contributed by atoms with Gasteiger partial charge in [0.2, 0.25) is 0 Å². The first-order valence-electron chi connectivity index (χ1n) is 6.41. The van der Waals surface area contributed by atoms with Gasteiger partial charge in [-0.05, 0) is 6.42 Å². The van der Waals surface area contributed by atoms with Crippen LogP contribution >= 0.6 is 0 Å². The maximum atomic E-state index is 11.6. The summed E-state index contributed by atoms with van der Waals surface area (Å²) in [5.74, 6) is -4.99. The predicted molar refractivity (Wildman–Crippen MR) is 70.8 cm³/mol. The van der Waals surface area contributed by atoms with E-state index in [1.807, 2.05) is 0 Å². The van der Waals surface area contributed by atoms with E-state index in [1.165, 1.54) is 0 Å². The van der Waals surface area contributed by atoms with E-state index in [0.717, 1.165) is 17.1 Å². The van der Waals surface area contributed by atoms with Gasteiger partial charge in [-0.25, -0.2) is 13.2 Å². The zero-order valence-electron chi connectivity index (χ0n) is 12.8. The fourth-order valence-corrected chi connectivity index (χ4v) is 2.42. The summed E-state index contributed by atoms with van der Waals surface area (Å²) in [5, 5.41) is -0.138. The normalized spacial score (nSPS) is 17.1. The van der Waals surface area contributed by atoms with E-state index in [9.17, 15) is 36.9 Å². The van der Waals surface area contributed by atoms with E-state index < -0.39 is 44.6 Å². The van der Waals surface area contributed by atoms with Gasteiger partial charge in [0.05, 0.1) is 0 Å². The van der Waals surface area contributed by atoms with Gasteiger partial charge >= 0.3 is 41.4 Å². The minimum Gasteiger partial charge on any atom is -0.744 e. The summed E-state index contributed by atoms with van der Waals surface area (Å²) < 4.78 is 32.3. The largest absolute Gasteiger partial charge is 1.00 e. The number of carbonyl (C=O) groups is 5. The van der Waals surface area contributed by atoms with Crippen LogP contribution in [0.15, 0.2) is 23.1 Å². The Bertz CT molecular complexity index is 796. The van der Waals surface area contributed by atoms with Crippen molar-refractivity contribution >= 4 is 39.7 Å². The molecule has 0 saturated heterocycles. The smallest absolute Gasteiger partial charge is 0.744 e. The zero-order valence-corrected chi connectivity index (χ0v) is 15.6. The molecule has 4 amide bonds. The van der Waals surface area contributed by atoms with Gasteiger partial charge in [0.15, 0.2) is 0 Å². The van der Waals surface area contributed by atoms with Crippen LogP contribution in [0.3, 0.4) is 0 Å². The number of hydrogen-bond donors (Lipinski definition) is 0. The van der Waals surface area contributed by atoms with Crippen molar-refractivity contribution in [3.63, 3.8) is 0 Å². The molecule has 0 aromatic rings. The molecule has 0 fully saturated rings. The van der Waals surface area contributed by atoms with Gasteiger partial charge in [0.1, 0.15) is 15.0 Å². The monoisotopic (exact) mass is 380 g/mol. The molecule has 0 radical (unpaired) electrons. The molecule has 0 aromatic carbocycles. The summed E-state index contributed by atoms with van der Waals surface area (Å²) in [6.45, 7) is -0.0832. The average Bonchev–Trinajstić information content (AvgIpc) is 2.94. The third-order valence-corrected chi connectivity index (χ3v) is 3.81. The van der Waals surface area contributed by atoms with Gasteiger partial charge in [-0.3, -0.25) is 24.1 Å². The molecule has 2 aliphatic rings. The molecule has 0 aromatic heterocycles. The van der Waals surface area contributed by atoms with Crippen molar-refractivity contribution in [1.29, 1.82) is 0 Å². The maximum Gasteiger partial charge on any atom is 1.00 e. The Kier molecular flexibility index (Phi) is 6.79. The Hall–Kier alpha value is -1.86. The summed E-state index contributed by atoms with van der Waals surface area (Å²) in [6, 6.07) is 0. The number of nitrogens with zero attached hydrogens (tertiary/aromatic N) is 2. The Balaban J connectivity index is 0.00000312. The van der Waals surface area contributed by atoms with Crippen molar-refractivity contribution < 1.29 is 71.3 Å². The molecule has 2 rings (SSSR count). The minimum absolute atomic E-state index is 0. The number of imide groups is 2. The van der Waals surface area contributed by atoms with Crippen molar-refractivity contribution in [3.8, 4) is 0 Å². The van der Waals surface area contributed by atoms with Crippen molar-refractivity contribution in [3.05, 3.63) is 23.1 Å². The number of carbonyl (C=O) groups excluding carboxylic acids is 5. The molecule has 0 bridgehead atoms. The van der Waals surface area contributed by atoms with Crippen molar-refractivity contribution in [1.82, 2.24) is 9.96 Å². The summed E-state index contributed by atoms with van der Waals surface area (Å²) >= 11 is 0. The predicted octanol–water partition coefficient (Wildman–Crippen LogP) is -5.05. The molecule has 0 atom stereocenters. The summed E-state index contributed by atoms with van der Waals surface area (Å²) in [6.07, 6.45) is 2.02. The maximum absolute atomic E-state index is 11.6. The third kappa shape index (κ3) is 4.83. The van der Waals surface area contributed by atoms with Crippen LogP contribution in [0, 0.1) is 0 Å². The SMILES string of the molecule is O=C(CCCN1C(=O)C=CC1=O)ON1C(=O)C=C(S(=O)(=O)[O-])C1=O.[Na+]. The molecule has 11 nitrogen and oxygen atoms in total. The van der Waals surface area contributed by atoms with E-state index in [1.54, 1.807) is 0 Å². The average molecular weight is 380 g/mol. The topological polar surface area (TPSA) is 158 Å². The van der Waals surface area contributed by atoms with E-state index in [2.05, 4.69) is 4.84 Å². The molecule has 2 aliphatic heterocycles. The number of hydrogen-bond acceptors (Lipinski definition) is 9. The first-order chi connectivity index (χ1) is 11.1. The first kappa shape index (κ1) is 21.2. The van der Waals surface area contributed by atoms with Crippen LogP contribution in [-0.2, 0) is 38.9 Å². The van der Waals surface area contributed by atoms with Crippen LogP contribution in [0.25, 0.3) is 0 Å². The van der Waals surface area contributed by atoms with Crippen molar-refractivity contribution in [2.45, 2.75) is 12.8 Å². The Labute approximate surface area is 163 Å². The van der Waals surface area contributed by atoms with Gasteiger partial charge in [0.25, 0.3) is 17.7 Å². The van der Waals surface area contributed by atoms with Gasteiger partial charge in [-0.15, -0.1) is 0 Å². The van der Waals surface area contributed by atoms with Crippen LogP contribution in [0.2, 0.25) is 0 Å². The molecule has 0 unspecified atom stereocenters. The quantitative estimate of drug-likeness (QED) is 0.250. The van der Waals surface area contributed by atoms with E-state index in [0.29, 0.717) is 0 Å². The van der Waals surface area contributed by atoms with E-state index in [4.69, 9.17) is 0 Å². The fraction of sp³-hybridized carbons (Fsp3) is 0.250. The molecule has 0 spiro atoms. The Morgan fingerprint density at radius 2 is 1.64 bits per heavy atom. The van der Waals surface area contributed by atoms with Crippen LogP contribution in [0.1, 0.15) is 12.8 Å². The molecular weight excluding hydrogens is 371 g/mol. The minimum atomic E-state index is -5.17. The Morgan fingerprint density at radius 1 is 1.08 bits per heavy atom. The number of rotatable bonds is 6. The molecule has 0 aliphatic carbocycles. The standard InChI is InChI=1S/C12H10N2O9S.Na/c15-8-3-4-9(16)13(8)5-1-2-11(18)23-14-10(17)6-7(12(14)19)24(20,21)22;/h3-4,6H,1-2,5H2,(H,20,21,22);/q;+1/p-1. The molecule has 0 N–H and O–H groups in total. The van der Waals surface area contributed by atoms with Gasteiger partial charge in [0, 0.05) is 31.2 Å². The summed E-state index contributed by atoms with van der Waals surface area (Å²) in [4.78, 5) is 61.0. The third-order valence-electron chi connectivity index (χ3n) is 2.98. The van der Waals surface area contributed by atoms with Gasteiger partial charge < -0.3 is 9.39 Å². The van der Waals surface area contributed by atoms with E-state index >= 15 is 0 Å². The molecular formula is C12H9N2NaO9S. The Morgan fingerprint density at radius 3 is 2.12 bits per heavy atom. The second-order valence-electron chi connectivity index (χ2n) is 4.63. The fourth-order valence-electron chi connectivity index (χ4n) is 1.88. The van der Waals surface area contributed by atoms with Gasteiger partial charge in [-0.2, -0.15) is 0 Å². The van der Waals surface area contributed by atoms with Gasteiger partial charge in [-0.1, -0.05) is 5.06 Å². The summed E-state index contributed by atoms with van der Waals surface area (Å²) in [7, 11) is -5.17. The zero-order chi connectivity index (χ0) is 18.1. The molecule has 13 heteroatoms. The van der Waals surface area contributed by atoms with Crippen molar-refractivity contribution in [2.24, 2.45) is 0 Å². The first-order valence-corrected chi connectivity index (χ1v) is 7.82. The molecule has 25 heavy (non-hydrogen) atoms. The number of amides is 4. The molecule has 2 heterocycles. The summed E-state index contributed by atoms with van der Waals surface area (Å²) in [5.41, 5.74) is 0. The number of hydroxylamine groups is 2. The van der Waals surface area contributed by atoms with Crippen LogP contribution in [0.5, 0.6) is 0 Å².